The summed E-state index contributed by atoms with van der Waals surface area (Å²) in [6, 6.07) is 10.9. The Bertz CT molecular complexity index is 1230. The fourth-order valence-electron chi connectivity index (χ4n) is 2.95. The summed E-state index contributed by atoms with van der Waals surface area (Å²) in [5.74, 6) is 0.127. The second-order valence-electron chi connectivity index (χ2n) is 6.61. The van der Waals surface area contributed by atoms with Crippen molar-refractivity contribution in [3.05, 3.63) is 88.3 Å². The van der Waals surface area contributed by atoms with E-state index in [1.54, 1.807) is 29.1 Å². The Kier molecular flexibility index (Phi) is 6.11. The normalized spacial score (nSPS) is 11.2. The molecular formula is C21H17Cl2N7O. The molecule has 0 radical (unpaired) electrons. The minimum Gasteiger partial charge on any atom is -0.319 e. The van der Waals surface area contributed by atoms with Crippen LogP contribution >= 0.6 is 23.2 Å². The molecule has 0 bridgehead atoms. The van der Waals surface area contributed by atoms with Gasteiger partial charge in [-0.25, -0.2) is 19.3 Å². The third-order valence-corrected chi connectivity index (χ3v) is 5.09. The summed E-state index contributed by atoms with van der Waals surface area (Å²) in [5.41, 5.74) is 2.91. The number of hydrogen-bond donors (Lipinski definition) is 1. The lowest BCUT2D eigenvalue weighted by Gasteiger charge is -2.07. The van der Waals surface area contributed by atoms with Crippen LogP contribution in [0.25, 0.3) is 11.9 Å². The summed E-state index contributed by atoms with van der Waals surface area (Å²) in [5, 5.41) is 12.4. The van der Waals surface area contributed by atoms with Crippen LogP contribution in [0.4, 0.5) is 5.69 Å². The van der Waals surface area contributed by atoms with Gasteiger partial charge in [-0.15, -0.1) is 0 Å². The Labute approximate surface area is 188 Å². The summed E-state index contributed by atoms with van der Waals surface area (Å²) in [6.45, 7) is 2.33. The average molecular weight is 454 g/mol. The molecule has 31 heavy (non-hydrogen) atoms. The minimum absolute atomic E-state index is 0.338. The number of benzene rings is 1. The minimum atomic E-state index is -0.338. The van der Waals surface area contributed by atoms with Gasteiger partial charge in [0.05, 0.1) is 17.9 Å². The van der Waals surface area contributed by atoms with E-state index < -0.39 is 0 Å². The maximum absolute atomic E-state index is 12.5. The number of rotatable bonds is 6. The molecule has 3 heterocycles. The lowest BCUT2D eigenvalue weighted by Crippen LogP contribution is -2.12. The highest BCUT2D eigenvalue weighted by molar-refractivity contribution is 6.31. The molecule has 1 amide bonds. The van der Waals surface area contributed by atoms with Gasteiger partial charge >= 0.3 is 0 Å². The van der Waals surface area contributed by atoms with E-state index in [9.17, 15) is 4.79 Å². The van der Waals surface area contributed by atoms with Crippen LogP contribution in [0.1, 0.15) is 16.8 Å². The topological polar surface area (TPSA) is 90.5 Å². The molecule has 0 atom stereocenters. The van der Waals surface area contributed by atoms with E-state index in [1.807, 2.05) is 31.2 Å². The molecule has 1 aromatic carbocycles. The first-order valence-electron chi connectivity index (χ1n) is 9.27. The number of nitrogens with one attached hydrogen (secondary N) is 1. The predicted molar refractivity (Wildman–Crippen MR) is 119 cm³/mol. The van der Waals surface area contributed by atoms with E-state index in [1.165, 1.54) is 23.4 Å². The second-order valence-corrected chi connectivity index (χ2v) is 7.41. The first kappa shape index (κ1) is 20.8. The maximum atomic E-state index is 12.5. The molecule has 0 aliphatic rings. The van der Waals surface area contributed by atoms with Gasteiger partial charge in [-0.05, 0) is 42.8 Å². The van der Waals surface area contributed by atoms with Crippen molar-refractivity contribution < 1.29 is 4.79 Å². The van der Waals surface area contributed by atoms with Crippen LogP contribution in [0.5, 0.6) is 0 Å². The highest BCUT2D eigenvalue weighted by Crippen LogP contribution is 2.23. The number of anilines is 1. The summed E-state index contributed by atoms with van der Waals surface area (Å²) < 4.78 is 3.16. The van der Waals surface area contributed by atoms with Crippen molar-refractivity contribution in [3.63, 3.8) is 0 Å². The molecule has 0 saturated carbocycles. The van der Waals surface area contributed by atoms with Crippen molar-refractivity contribution in [3.8, 4) is 5.82 Å². The molecule has 0 saturated heterocycles. The number of aryl methyl sites for hydroxylation is 1. The van der Waals surface area contributed by atoms with E-state index >= 15 is 0 Å². The Morgan fingerprint density at radius 1 is 1.19 bits per heavy atom. The molecule has 0 aliphatic heterocycles. The van der Waals surface area contributed by atoms with Gasteiger partial charge in [-0.1, -0.05) is 35.3 Å². The van der Waals surface area contributed by atoms with Crippen LogP contribution in [-0.4, -0.2) is 35.4 Å². The van der Waals surface area contributed by atoms with E-state index in [0.29, 0.717) is 39.5 Å². The molecule has 10 heteroatoms. The number of amides is 1. The van der Waals surface area contributed by atoms with E-state index in [2.05, 4.69) is 25.5 Å². The fourth-order valence-corrected chi connectivity index (χ4v) is 3.38. The van der Waals surface area contributed by atoms with Crippen molar-refractivity contribution in [1.29, 1.82) is 0 Å². The fraction of sp³-hybridized carbons (Fsp3) is 0.0952. The number of carbonyl (C=O) groups excluding carboxylic acids is 1. The van der Waals surface area contributed by atoms with Gasteiger partial charge in [0.2, 0.25) is 5.91 Å². The molecule has 8 nitrogen and oxygen atoms in total. The largest absolute Gasteiger partial charge is 0.319 e. The van der Waals surface area contributed by atoms with Crippen LogP contribution < -0.4 is 5.32 Å². The van der Waals surface area contributed by atoms with E-state index in [-0.39, 0.29) is 5.91 Å². The Morgan fingerprint density at radius 2 is 2.00 bits per heavy atom. The first-order valence-corrected chi connectivity index (χ1v) is 10.0. The summed E-state index contributed by atoms with van der Waals surface area (Å²) >= 11 is 12.4. The van der Waals surface area contributed by atoms with Crippen molar-refractivity contribution in [2.45, 2.75) is 13.5 Å². The summed E-state index contributed by atoms with van der Waals surface area (Å²) in [6.07, 6.45) is 7.56. The molecule has 0 fully saturated rings. The van der Waals surface area contributed by atoms with Gasteiger partial charge in [0.1, 0.15) is 17.8 Å². The zero-order valence-electron chi connectivity index (χ0n) is 16.4. The van der Waals surface area contributed by atoms with Gasteiger partial charge in [0.15, 0.2) is 5.82 Å². The van der Waals surface area contributed by atoms with Crippen molar-refractivity contribution in [2.24, 2.45) is 0 Å². The number of aromatic nitrogens is 6. The number of hydrogen-bond acceptors (Lipinski definition) is 5. The molecule has 3 aromatic heterocycles. The number of nitrogens with zero attached hydrogens (tertiary/aromatic N) is 6. The van der Waals surface area contributed by atoms with Gasteiger partial charge in [-0.2, -0.15) is 10.2 Å². The first-order chi connectivity index (χ1) is 15.0. The van der Waals surface area contributed by atoms with Crippen LogP contribution in [0, 0.1) is 6.92 Å². The van der Waals surface area contributed by atoms with Crippen LogP contribution in [0.2, 0.25) is 10.2 Å². The van der Waals surface area contributed by atoms with Crippen molar-refractivity contribution in [2.75, 3.05) is 5.32 Å². The number of carbonyl (C=O) groups is 1. The van der Waals surface area contributed by atoms with Crippen molar-refractivity contribution in [1.82, 2.24) is 29.5 Å². The SMILES string of the molecule is Cc1nn(Cc2ccc(Cl)cc2)c(Cl)c1/C=C/C(=O)Nc1cccnc1-n1cncn1. The van der Waals surface area contributed by atoms with E-state index in [4.69, 9.17) is 23.2 Å². The number of pyridine rings is 1. The molecule has 4 rings (SSSR count). The van der Waals surface area contributed by atoms with Crippen LogP contribution in [-0.2, 0) is 11.3 Å². The van der Waals surface area contributed by atoms with Crippen molar-refractivity contribution >= 4 is 40.9 Å². The monoisotopic (exact) mass is 453 g/mol. The summed E-state index contributed by atoms with van der Waals surface area (Å²) in [4.78, 5) is 20.7. The van der Waals surface area contributed by atoms with Gasteiger partial charge in [-0.3, -0.25) is 4.79 Å². The molecule has 0 spiro atoms. The zero-order valence-corrected chi connectivity index (χ0v) is 17.9. The van der Waals surface area contributed by atoms with Crippen LogP contribution in [0.3, 0.4) is 0 Å². The average Bonchev–Trinajstić information content (AvgIpc) is 3.38. The number of halogens is 2. The van der Waals surface area contributed by atoms with Gasteiger partial charge < -0.3 is 5.32 Å². The molecule has 4 aromatic rings. The molecule has 0 aliphatic carbocycles. The molecule has 156 valence electrons. The smallest absolute Gasteiger partial charge is 0.248 e. The Hall–Kier alpha value is -3.49. The zero-order chi connectivity index (χ0) is 21.8. The van der Waals surface area contributed by atoms with E-state index in [0.717, 1.165) is 5.56 Å². The van der Waals surface area contributed by atoms with Gasteiger partial charge in [0.25, 0.3) is 0 Å². The third kappa shape index (κ3) is 4.82. The second kappa shape index (κ2) is 9.11. The van der Waals surface area contributed by atoms with Gasteiger partial charge in [0, 0.05) is 22.9 Å². The predicted octanol–water partition coefficient (Wildman–Crippen LogP) is 4.17. The Balaban J connectivity index is 1.50. The quantitative estimate of drug-likeness (QED) is 0.442. The standard InChI is InChI=1S/C21H17Cl2N7O/c1-14-17(20(23)29(28-14)11-15-4-6-16(22)7-5-15)8-9-19(31)27-18-3-2-10-25-21(18)30-13-24-12-26-30/h2-10,12-13H,11H2,1H3,(H,27,31)/b9-8+. The highest BCUT2D eigenvalue weighted by atomic mass is 35.5. The maximum Gasteiger partial charge on any atom is 0.248 e. The lowest BCUT2D eigenvalue weighted by molar-refractivity contribution is -0.111. The summed E-state index contributed by atoms with van der Waals surface area (Å²) in [7, 11) is 0. The molecule has 1 N–H and O–H groups in total. The molecular weight excluding hydrogens is 437 g/mol. The molecule has 0 unspecified atom stereocenters. The van der Waals surface area contributed by atoms with Crippen LogP contribution in [0.15, 0.2) is 61.3 Å². The third-order valence-electron chi connectivity index (χ3n) is 4.44. The Morgan fingerprint density at radius 3 is 2.74 bits per heavy atom. The lowest BCUT2D eigenvalue weighted by atomic mass is 10.2. The highest BCUT2D eigenvalue weighted by Gasteiger charge is 2.13.